The van der Waals surface area contributed by atoms with Crippen molar-refractivity contribution in [3.8, 4) is 0 Å². The summed E-state index contributed by atoms with van der Waals surface area (Å²) in [5.41, 5.74) is 0. The molecule has 54 heavy (non-hydrogen) atoms. The highest BCUT2D eigenvalue weighted by atomic mass is 16.6. The molecule has 0 fully saturated rings. The molecule has 8 nitrogen and oxygen atoms in total. The minimum Gasteiger partial charge on any atom is -0.544 e. The molecule has 8 heteroatoms. The van der Waals surface area contributed by atoms with Crippen LogP contribution in [0.3, 0.4) is 0 Å². The van der Waals surface area contributed by atoms with E-state index in [0.717, 1.165) is 83.5 Å². The number of esters is 2. The van der Waals surface area contributed by atoms with E-state index in [9.17, 15) is 19.5 Å². The van der Waals surface area contributed by atoms with Crippen LogP contribution in [0.15, 0.2) is 60.8 Å². The number of carbonyl (C=O) groups excluding carboxylic acids is 3. The molecule has 0 aromatic carbocycles. The maximum atomic E-state index is 12.6. The highest BCUT2D eigenvalue weighted by Crippen LogP contribution is 2.13. The number of rotatable bonds is 37. The summed E-state index contributed by atoms with van der Waals surface area (Å²) in [6, 6.07) is -0.729. The van der Waals surface area contributed by atoms with E-state index in [-0.39, 0.29) is 42.7 Å². The average molecular weight is 758 g/mol. The van der Waals surface area contributed by atoms with E-state index in [1.165, 1.54) is 44.9 Å². The predicted molar refractivity (Wildman–Crippen MR) is 222 cm³/mol. The van der Waals surface area contributed by atoms with Crippen LogP contribution in [-0.2, 0) is 28.6 Å². The van der Waals surface area contributed by atoms with Gasteiger partial charge in [0.25, 0.3) is 0 Å². The molecule has 0 radical (unpaired) electrons. The Morgan fingerprint density at radius 2 is 1.04 bits per heavy atom. The SMILES string of the molecule is CC/C=C/C/C=C/C/C=C/C/C=C/C/C=C/CCCCCCC(=O)OCC(COCCC(C(=O)[O-])[N+](C)(C)C)OC(=O)CCCCCCCCCCCC. The van der Waals surface area contributed by atoms with Crippen LogP contribution < -0.4 is 5.11 Å². The second kappa shape index (κ2) is 37.0. The Morgan fingerprint density at radius 1 is 0.574 bits per heavy atom. The van der Waals surface area contributed by atoms with Crippen molar-refractivity contribution in [1.82, 2.24) is 0 Å². The molecule has 2 unspecified atom stereocenters. The number of carbonyl (C=O) groups is 3. The second-order valence-corrected chi connectivity index (χ2v) is 15.2. The molecule has 0 rings (SSSR count). The number of ether oxygens (including phenoxy) is 3. The molecule has 0 heterocycles. The zero-order valence-corrected chi connectivity index (χ0v) is 35.1. The van der Waals surface area contributed by atoms with Crippen molar-refractivity contribution in [2.45, 2.75) is 174 Å². The molecule has 0 aliphatic rings. The molecule has 310 valence electrons. The van der Waals surface area contributed by atoms with Crippen LogP contribution >= 0.6 is 0 Å². The summed E-state index contributed by atoms with van der Waals surface area (Å²) >= 11 is 0. The van der Waals surface area contributed by atoms with Crippen molar-refractivity contribution >= 4 is 17.9 Å². The first-order valence-electron chi connectivity index (χ1n) is 21.3. The van der Waals surface area contributed by atoms with Crippen molar-refractivity contribution in [2.24, 2.45) is 0 Å². The Kier molecular flexibility index (Phi) is 34.9. The van der Waals surface area contributed by atoms with E-state index in [1.807, 2.05) is 0 Å². The topological polar surface area (TPSA) is 102 Å². The van der Waals surface area contributed by atoms with Gasteiger partial charge in [0, 0.05) is 19.3 Å². The molecule has 0 aromatic rings. The predicted octanol–water partition coefficient (Wildman–Crippen LogP) is 10.1. The number of hydrogen-bond acceptors (Lipinski definition) is 7. The van der Waals surface area contributed by atoms with Gasteiger partial charge in [-0.1, -0.05) is 145 Å². The summed E-state index contributed by atoms with van der Waals surface area (Å²) in [6.45, 7) is 4.49. The van der Waals surface area contributed by atoms with Gasteiger partial charge in [-0.3, -0.25) is 9.59 Å². The molecule has 0 amide bonds. The number of allylic oxidation sites excluding steroid dienone is 10. The Morgan fingerprint density at radius 3 is 1.54 bits per heavy atom. The number of carboxylic acid groups (broad SMARTS) is 1. The number of quaternary nitrogens is 1. The fourth-order valence-electron chi connectivity index (χ4n) is 5.86. The van der Waals surface area contributed by atoms with Crippen LogP contribution in [0.1, 0.15) is 162 Å². The van der Waals surface area contributed by atoms with E-state index in [0.29, 0.717) is 12.8 Å². The van der Waals surface area contributed by atoms with Crippen LogP contribution in [0.2, 0.25) is 0 Å². The Hall–Kier alpha value is -2.97. The van der Waals surface area contributed by atoms with Crippen molar-refractivity contribution in [3.63, 3.8) is 0 Å². The van der Waals surface area contributed by atoms with Gasteiger partial charge >= 0.3 is 11.9 Å². The number of likely N-dealkylation sites (N-methyl/N-ethyl adjacent to an activating group) is 1. The third kappa shape index (κ3) is 34.8. The number of hydrogen-bond donors (Lipinski definition) is 0. The molecule has 0 bridgehead atoms. The van der Waals surface area contributed by atoms with Gasteiger partial charge in [-0.2, -0.15) is 0 Å². The third-order valence-corrected chi connectivity index (χ3v) is 9.17. The van der Waals surface area contributed by atoms with E-state index >= 15 is 0 Å². The van der Waals surface area contributed by atoms with Crippen molar-refractivity contribution in [1.29, 1.82) is 0 Å². The Bertz CT molecular complexity index is 1070. The van der Waals surface area contributed by atoms with Crippen LogP contribution in [0.25, 0.3) is 0 Å². The first-order chi connectivity index (χ1) is 26.1. The van der Waals surface area contributed by atoms with Crippen molar-refractivity contribution < 1.29 is 38.2 Å². The van der Waals surface area contributed by atoms with Crippen molar-refractivity contribution in [2.75, 3.05) is 41.0 Å². The monoisotopic (exact) mass is 758 g/mol. The molecule has 0 aliphatic heterocycles. The fraction of sp³-hybridized carbons (Fsp3) is 0.717. The van der Waals surface area contributed by atoms with Gasteiger partial charge in [-0.05, 0) is 57.8 Å². The maximum absolute atomic E-state index is 12.6. The minimum atomic E-state index is -1.13. The van der Waals surface area contributed by atoms with Crippen LogP contribution in [0.4, 0.5) is 0 Å². The van der Waals surface area contributed by atoms with Crippen molar-refractivity contribution in [3.05, 3.63) is 60.8 Å². The van der Waals surface area contributed by atoms with Gasteiger partial charge < -0.3 is 28.6 Å². The van der Waals surface area contributed by atoms with Crippen LogP contribution in [-0.4, -0.2) is 75.5 Å². The smallest absolute Gasteiger partial charge is 0.306 e. The maximum Gasteiger partial charge on any atom is 0.306 e. The number of aliphatic carboxylic acids is 1. The number of carboxylic acids is 1. The molecule has 2 atom stereocenters. The largest absolute Gasteiger partial charge is 0.544 e. The molecule has 0 saturated carbocycles. The van der Waals surface area contributed by atoms with Gasteiger partial charge in [-0.15, -0.1) is 0 Å². The summed E-state index contributed by atoms with van der Waals surface area (Å²) in [5, 5.41) is 11.6. The molecule has 0 aromatic heterocycles. The fourth-order valence-corrected chi connectivity index (χ4v) is 5.86. The molecule has 0 aliphatic carbocycles. The molecule has 0 saturated heterocycles. The average Bonchev–Trinajstić information content (AvgIpc) is 3.12. The molecular formula is C46H79NO7. The Balaban J connectivity index is 4.36. The summed E-state index contributed by atoms with van der Waals surface area (Å²) < 4.78 is 17.1. The van der Waals surface area contributed by atoms with E-state index < -0.39 is 18.1 Å². The van der Waals surface area contributed by atoms with Crippen LogP contribution in [0, 0.1) is 0 Å². The summed E-state index contributed by atoms with van der Waals surface area (Å²) in [6.07, 6.45) is 43.9. The molecular weight excluding hydrogens is 679 g/mol. The van der Waals surface area contributed by atoms with Gasteiger partial charge in [0.2, 0.25) is 0 Å². The minimum absolute atomic E-state index is 0.0315. The van der Waals surface area contributed by atoms with Crippen LogP contribution in [0.5, 0.6) is 0 Å². The van der Waals surface area contributed by atoms with E-state index in [4.69, 9.17) is 14.2 Å². The van der Waals surface area contributed by atoms with Gasteiger partial charge in [0.1, 0.15) is 12.6 Å². The second-order valence-electron chi connectivity index (χ2n) is 15.2. The lowest BCUT2D eigenvalue weighted by Crippen LogP contribution is -2.55. The quantitative estimate of drug-likeness (QED) is 0.0269. The van der Waals surface area contributed by atoms with Gasteiger partial charge in [-0.25, -0.2) is 0 Å². The highest BCUT2D eigenvalue weighted by Gasteiger charge is 2.25. The van der Waals surface area contributed by atoms with Gasteiger partial charge in [0.05, 0.1) is 40.3 Å². The lowest BCUT2D eigenvalue weighted by atomic mass is 10.1. The molecule has 0 spiro atoms. The van der Waals surface area contributed by atoms with E-state index in [2.05, 4.69) is 74.6 Å². The third-order valence-electron chi connectivity index (χ3n) is 9.17. The van der Waals surface area contributed by atoms with Gasteiger partial charge in [0.15, 0.2) is 6.10 Å². The summed E-state index contributed by atoms with van der Waals surface area (Å²) in [7, 11) is 5.39. The standard InChI is InChI=1S/C46H79NO7/c1-6-8-10-12-14-16-18-19-20-21-22-23-24-25-26-27-29-30-32-34-36-44(48)53-41-42(40-52-39-38-43(46(50)51)47(3,4)5)54-45(49)37-35-33-31-28-17-15-13-11-9-7-2/h8,10,14,16,19-20,22-23,25-26,42-43H,6-7,9,11-13,15,17-18,21,24,27-41H2,1-5H3/b10-8+,16-14+,20-19+,23-22+,26-25+. The first-order valence-corrected chi connectivity index (χ1v) is 21.3. The number of unbranched alkanes of at least 4 members (excludes halogenated alkanes) is 13. The highest BCUT2D eigenvalue weighted by molar-refractivity contribution is 5.70. The van der Waals surface area contributed by atoms with E-state index in [1.54, 1.807) is 21.1 Å². The number of nitrogens with zero attached hydrogens (tertiary/aromatic N) is 1. The Labute approximate surface area is 330 Å². The lowest BCUT2D eigenvalue weighted by molar-refractivity contribution is -0.889. The first kappa shape index (κ1) is 51.0. The summed E-state index contributed by atoms with van der Waals surface area (Å²) in [5.74, 6) is -1.77. The normalized spacial score (nSPS) is 13.6. The zero-order valence-electron chi connectivity index (χ0n) is 35.1. The summed E-state index contributed by atoms with van der Waals surface area (Å²) in [4.78, 5) is 36.7. The molecule has 0 N–H and O–H groups in total. The lowest BCUT2D eigenvalue weighted by Gasteiger charge is -2.34. The zero-order chi connectivity index (χ0) is 40.0.